The summed E-state index contributed by atoms with van der Waals surface area (Å²) in [6.07, 6.45) is -4.83. The van der Waals surface area contributed by atoms with Crippen LogP contribution in [0.1, 0.15) is 15.9 Å². The van der Waals surface area contributed by atoms with Crippen molar-refractivity contribution in [1.82, 2.24) is 4.90 Å². The van der Waals surface area contributed by atoms with E-state index in [9.17, 15) is 26.7 Å². The summed E-state index contributed by atoms with van der Waals surface area (Å²) in [6, 6.07) is 7.74. The molecule has 146 valence electrons. The first-order valence-electron chi connectivity index (χ1n) is 7.84. The van der Waals surface area contributed by atoms with Gasteiger partial charge in [0.25, 0.3) is 0 Å². The highest BCUT2D eigenvalue weighted by Gasteiger charge is 2.31. The van der Waals surface area contributed by atoms with Gasteiger partial charge in [0, 0.05) is 18.7 Å². The predicted molar refractivity (Wildman–Crippen MR) is 86.2 cm³/mol. The zero-order valence-corrected chi connectivity index (χ0v) is 14.0. The quantitative estimate of drug-likeness (QED) is 0.554. The van der Waals surface area contributed by atoms with E-state index in [0.717, 1.165) is 24.3 Å². The van der Waals surface area contributed by atoms with Gasteiger partial charge in [-0.15, -0.1) is 13.2 Å². The van der Waals surface area contributed by atoms with E-state index in [1.807, 2.05) is 0 Å². The molecule has 0 aliphatic rings. The molecule has 4 nitrogen and oxygen atoms in total. The number of nitrogens with zero attached hydrogens (tertiary/aromatic N) is 1. The summed E-state index contributed by atoms with van der Waals surface area (Å²) in [7, 11) is 0. The molecule has 0 amide bonds. The second kappa shape index (κ2) is 8.92. The van der Waals surface area contributed by atoms with Crippen LogP contribution in [0.5, 0.6) is 5.75 Å². The van der Waals surface area contributed by atoms with Gasteiger partial charge in [0.1, 0.15) is 5.75 Å². The van der Waals surface area contributed by atoms with Crippen molar-refractivity contribution in [2.75, 3.05) is 19.7 Å². The molecule has 27 heavy (non-hydrogen) atoms. The number of halogens is 5. The number of aliphatic hydroxyl groups is 1. The van der Waals surface area contributed by atoms with Crippen LogP contribution in [0.25, 0.3) is 0 Å². The third kappa shape index (κ3) is 6.61. The Hall–Kier alpha value is -2.52. The van der Waals surface area contributed by atoms with Crippen LogP contribution in [-0.2, 0) is 6.54 Å². The number of alkyl halides is 3. The standard InChI is InChI=1S/C18H16F5NO3/c19-15-6-1-12(9-16(15)20)10-24(7-8-25)11-17(26)13-2-4-14(5-3-13)27-18(21,22)23/h1-6,9,25H,7-8,10-11H2. The minimum Gasteiger partial charge on any atom is -0.406 e. The Morgan fingerprint density at radius 3 is 2.26 bits per heavy atom. The van der Waals surface area contributed by atoms with Crippen molar-refractivity contribution in [3.05, 3.63) is 65.2 Å². The van der Waals surface area contributed by atoms with Crippen molar-refractivity contribution in [2.24, 2.45) is 0 Å². The SMILES string of the molecule is O=C(CN(CCO)Cc1ccc(F)c(F)c1)c1ccc(OC(F)(F)F)cc1. The van der Waals surface area contributed by atoms with Crippen LogP contribution in [0.2, 0.25) is 0 Å². The van der Waals surface area contributed by atoms with Crippen molar-refractivity contribution in [3.63, 3.8) is 0 Å². The largest absolute Gasteiger partial charge is 0.573 e. The highest BCUT2D eigenvalue weighted by Crippen LogP contribution is 2.23. The normalized spacial score (nSPS) is 11.7. The Balaban J connectivity index is 2.04. The lowest BCUT2D eigenvalue weighted by Crippen LogP contribution is -2.32. The first kappa shape index (κ1) is 20.8. The summed E-state index contributed by atoms with van der Waals surface area (Å²) in [5.74, 6) is -2.88. The van der Waals surface area contributed by atoms with Crippen LogP contribution in [0.3, 0.4) is 0 Å². The number of aliphatic hydroxyl groups excluding tert-OH is 1. The molecule has 0 bridgehead atoms. The minimum atomic E-state index is -4.83. The van der Waals surface area contributed by atoms with E-state index >= 15 is 0 Å². The number of benzene rings is 2. The molecule has 0 atom stereocenters. The zero-order chi connectivity index (χ0) is 20.0. The van der Waals surface area contributed by atoms with Crippen LogP contribution in [0.15, 0.2) is 42.5 Å². The maximum absolute atomic E-state index is 13.3. The summed E-state index contributed by atoms with van der Waals surface area (Å²) in [5.41, 5.74) is 0.557. The smallest absolute Gasteiger partial charge is 0.406 e. The Morgan fingerprint density at radius 2 is 1.70 bits per heavy atom. The van der Waals surface area contributed by atoms with Crippen molar-refractivity contribution < 1.29 is 36.6 Å². The highest BCUT2D eigenvalue weighted by molar-refractivity contribution is 5.97. The third-order valence-corrected chi connectivity index (χ3v) is 3.58. The van der Waals surface area contributed by atoms with E-state index in [2.05, 4.69) is 4.74 Å². The molecule has 0 unspecified atom stereocenters. The molecule has 0 aromatic heterocycles. The molecule has 0 aliphatic heterocycles. The maximum atomic E-state index is 13.3. The van der Waals surface area contributed by atoms with Crippen molar-refractivity contribution in [2.45, 2.75) is 12.9 Å². The minimum absolute atomic E-state index is 0.0821. The molecule has 9 heteroatoms. The Bertz CT molecular complexity index is 778. The number of Topliss-reactive ketones (excluding diaryl/α,β-unsaturated/α-hetero) is 1. The highest BCUT2D eigenvalue weighted by atomic mass is 19.4. The molecular weight excluding hydrogens is 373 g/mol. The van der Waals surface area contributed by atoms with Crippen LogP contribution in [0, 0.1) is 11.6 Å². The number of hydrogen-bond donors (Lipinski definition) is 1. The van der Waals surface area contributed by atoms with Crippen molar-refractivity contribution in [1.29, 1.82) is 0 Å². The molecule has 0 spiro atoms. The van der Waals surface area contributed by atoms with Crippen molar-refractivity contribution >= 4 is 5.78 Å². The van der Waals surface area contributed by atoms with Gasteiger partial charge in [-0.25, -0.2) is 8.78 Å². The summed E-state index contributed by atoms with van der Waals surface area (Å²) >= 11 is 0. The average Bonchev–Trinajstić information content (AvgIpc) is 2.57. The monoisotopic (exact) mass is 389 g/mol. The van der Waals surface area contributed by atoms with Gasteiger partial charge in [0.05, 0.1) is 13.2 Å². The fourth-order valence-electron chi connectivity index (χ4n) is 2.39. The van der Waals surface area contributed by atoms with Gasteiger partial charge < -0.3 is 9.84 Å². The molecule has 0 saturated carbocycles. The van der Waals surface area contributed by atoms with Gasteiger partial charge in [-0.3, -0.25) is 9.69 Å². The van der Waals surface area contributed by atoms with Crippen LogP contribution in [-0.4, -0.2) is 41.8 Å². The molecular formula is C18H16F5NO3. The fourth-order valence-corrected chi connectivity index (χ4v) is 2.39. The van der Waals surface area contributed by atoms with E-state index in [0.29, 0.717) is 5.56 Å². The molecule has 0 fully saturated rings. The molecule has 0 aliphatic carbocycles. The number of ether oxygens (including phenoxy) is 1. The number of hydrogen-bond acceptors (Lipinski definition) is 4. The van der Waals surface area contributed by atoms with Crippen LogP contribution >= 0.6 is 0 Å². The zero-order valence-electron chi connectivity index (χ0n) is 14.0. The van der Waals surface area contributed by atoms with E-state index in [4.69, 9.17) is 5.11 Å². The van der Waals surface area contributed by atoms with E-state index in [-0.39, 0.29) is 31.8 Å². The molecule has 2 aromatic carbocycles. The molecule has 2 rings (SSSR count). The third-order valence-electron chi connectivity index (χ3n) is 3.58. The predicted octanol–water partition coefficient (Wildman–Crippen LogP) is 3.54. The van der Waals surface area contributed by atoms with E-state index in [1.54, 1.807) is 0 Å². The topological polar surface area (TPSA) is 49.8 Å². The lowest BCUT2D eigenvalue weighted by molar-refractivity contribution is -0.274. The summed E-state index contributed by atoms with van der Waals surface area (Å²) < 4.78 is 66.5. The number of ketones is 1. The maximum Gasteiger partial charge on any atom is 0.573 e. The number of rotatable bonds is 8. The molecule has 1 N–H and O–H groups in total. The van der Waals surface area contributed by atoms with Gasteiger partial charge in [-0.2, -0.15) is 0 Å². The first-order chi connectivity index (χ1) is 12.7. The summed E-state index contributed by atoms with van der Waals surface area (Å²) in [5, 5.41) is 9.13. The second-order valence-corrected chi connectivity index (χ2v) is 5.68. The first-order valence-corrected chi connectivity index (χ1v) is 7.84. The van der Waals surface area contributed by atoms with Gasteiger partial charge in [0.15, 0.2) is 17.4 Å². The molecule has 0 radical (unpaired) electrons. The van der Waals surface area contributed by atoms with Crippen LogP contribution < -0.4 is 4.74 Å². The summed E-state index contributed by atoms with van der Waals surface area (Å²) in [6.45, 7) is -0.257. The van der Waals surface area contributed by atoms with Crippen LogP contribution in [0.4, 0.5) is 22.0 Å². The summed E-state index contributed by atoms with van der Waals surface area (Å²) in [4.78, 5) is 13.8. The van der Waals surface area contributed by atoms with Gasteiger partial charge in [-0.05, 0) is 42.0 Å². The second-order valence-electron chi connectivity index (χ2n) is 5.68. The molecule has 0 saturated heterocycles. The average molecular weight is 389 g/mol. The molecule has 0 heterocycles. The van der Waals surface area contributed by atoms with E-state index < -0.39 is 29.5 Å². The Kier molecular flexibility index (Phi) is 6.86. The van der Waals surface area contributed by atoms with Gasteiger partial charge >= 0.3 is 6.36 Å². The van der Waals surface area contributed by atoms with Gasteiger partial charge in [-0.1, -0.05) is 6.07 Å². The number of carbonyl (C=O) groups excluding carboxylic acids is 1. The van der Waals surface area contributed by atoms with E-state index in [1.165, 1.54) is 23.1 Å². The Labute approximate surface area is 151 Å². The number of carbonyl (C=O) groups is 1. The fraction of sp³-hybridized carbons (Fsp3) is 0.278. The van der Waals surface area contributed by atoms with Crippen molar-refractivity contribution in [3.8, 4) is 5.75 Å². The van der Waals surface area contributed by atoms with Gasteiger partial charge in [0.2, 0.25) is 0 Å². The molecule has 2 aromatic rings. The Morgan fingerprint density at radius 1 is 1.04 bits per heavy atom. The lowest BCUT2D eigenvalue weighted by atomic mass is 10.1. The lowest BCUT2D eigenvalue weighted by Gasteiger charge is -2.20.